The Labute approximate surface area is 130 Å². The van der Waals surface area contributed by atoms with Crippen molar-refractivity contribution < 1.29 is 4.74 Å². The van der Waals surface area contributed by atoms with Crippen molar-refractivity contribution in [3.8, 4) is 10.6 Å². The van der Waals surface area contributed by atoms with Gasteiger partial charge in [-0.3, -0.25) is 0 Å². The highest BCUT2D eigenvalue weighted by Gasteiger charge is 2.45. The summed E-state index contributed by atoms with van der Waals surface area (Å²) in [5.41, 5.74) is 2.08. The van der Waals surface area contributed by atoms with Gasteiger partial charge in [0.1, 0.15) is 5.01 Å². The fraction of sp³-hybridized carbons (Fsp3) is 0.471. The van der Waals surface area contributed by atoms with Crippen molar-refractivity contribution in [3.63, 3.8) is 0 Å². The molecule has 1 aliphatic heterocycles. The highest BCUT2D eigenvalue weighted by Crippen LogP contribution is 2.39. The molecule has 1 fully saturated rings. The van der Waals surface area contributed by atoms with E-state index in [2.05, 4.69) is 62.3 Å². The summed E-state index contributed by atoms with van der Waals surface area (Å²) in [7, 11) is 0. The number of thiazole rings is 1. The molecule has 21 heavy (non-hydrogen) atoms. The van der Waals surface area contributed by atoms with Crippen molar-refractivity contribution >= 4 is 17.0 Å². The summed E-state index contributed by atoms with van der Waals surface area (Å²) in [5.74, 6) is 0. The fourth-order valence-corrected chi connectivity index (χ4v) is 3.71. The van der Waals surface area contributed by atoms with E-state index < -0.39 is 0 Å². The number of ether oxygens (including phenoxy) is 1. The first kappa shape index (κ1) is 14.5. The SMILES string of the molecule is CC1(C)CC(Nc2ccc(-c3nccs3)cc2)C(C)(C)O1. The number of anilines is 1. The van der Waals surface area contributed by atoms with Gasteiger partial charge in [0.25, 0.3) is 0 Å². The quantitative estimate of drug-likeness (QED) is 0.902. The van der Waals surface area contributed by atoms with Crippen LogP contribution in [-0.2, 0) is 4.74 Å². The number of nitrogens with zero attached hydrogens (tertiary/aromatic N) is 1. The lowest BCUT2D eigenvalue weighted by Crippen LogP contribution is -2.38. The molecule has 0 saturated carbocycles. The van der Waals surface area contributed by atoms with Crippen LogP contribution >= 0.6 is 11.3 Å². The van der Waals surface area contributed by atoms with Gasteiger partial charge in [0.05, 0.1) is 17.2 Å². The summed E-state index contributed by atoms with van der Waals surface area (Å²) in [6, 6.07) is 8.80. The van der Waals surface area contributed by atoms with Crippen LogP contribution in [0, 0.1) is 0 Å². The molecule has 0 radical (unpaired) electrons. The van der Waals surface area contributed by atoms with Gasteiger partial charge in [0.2, 0.25) is 0 Å². The number of benzene rings is 1. The average Bonchev–Trinajstić information content (AvgIpc) is 2.97. The highest BCUT2D eigenvalue weighted by atomic mass is 32.1. The molecule has 1 unspecified atom stereocenters. The van der Waals surface area contributed by atoms with E-state index in [1.54, 1.807) is 11.3 Å². The molecule has 0 spiro atoms. The van der Waals surface area contributed by atoms with Crippen LogP contribution in [-0.4, -0.2) is 22.2 Å². The summed E-state index contributed by atoms with van der Waals surface area (Å²) in [4.78, 5) is 4.34. The van der Waals surface area contributed by atoms with Crippen LogP contribution in [0.15, 0.2) is 35.8 Å². The number of hydrogen-bond donors (Lipinski definition) is 1. The molecule has 2 aromatic rings. The normalized spacial score (nSPS) is 23.1. The van der Waals surface area contributed by atoms with Crippen LogP contribution in [0.4, 0.5) is 5.69 Å². The van der Waals surface area contributed by atoms with Gasteiger partial charge in [0.15, 0.2) is 0 Å². The second-order valence-corrected chi connectivity index (χ2v) is 7.68. The average molecular weight is 302 g/mol. The minimum Gasteiger partial charge on any atom is -0.379 e. The number of rotatable bonds is 3. The molecule has 1 aromatic carbocycles. The van der Waals surface area contributed by atoms with E-state index >= 15 is 0 Å². The first-order valence-electron chi connectivity index (χ1n) is 7.32. The Morgan fingerprint density at radius 3 is 2.43 bits per heavy atom. The lowest BCUT2D eigenvalue weighted by molar-refractivity contribution is -0.0662. The van der Waals surface area contributed by atoms with E-state index in [0.717, 1.165) is 22.7 Å². The molecule has 0 amide bonds. The Morgan fingerprint density at radius 2 is 1.90 bits per heavy atom. The molecular formula is C17H22N2OS. The maximum atomic E-state index is 6.13. The smallest absolute Gasteiger partial charge is 0.123 e. The molecule has 1 aromatic heterocycles. The van der Waals surface area contributed by atoms with Crippen LogP contribution in [0.5, 0.6) is 0 Å². The lowest BCUT2D eigenvalue weighted by Gasteiger charge is -2.28. The van der Waals surface area contributed by atoms with E-state index in [4.69, 9.17) is 4.74 Å². The van der Waals surface area contributed by atoms with Crippen molar-refractivity contribution in [3.05, 3.63) is 35.8 Å². The third-order valence-corrected chi connectivity index (χ3v) is 4.80. The third-order valence-electron chi connectivity index (χ3n) is 3.98. The Balaban J connectivity index is 1.74. The zero-order chi connectivity index (χ0) is 15.1. The van der Waals surface area contributed by atoms with Gasteiger partial charge in [0, 0.05) is 22.8 Å². The van der Waals surface area contributed by atoms with Crippen molar-refractivity contribution in [1.82, 2.24) is 4.98 Å². The largest absolute Gasteiger partial charge is 0.379 e. The third kappa shape index (κ3) is 3.11. The number of hydrogen-bond acceptors (Lipinski definition) is 4. The summed E-state index contributed by atoms with van der Waals surface area (Å²) in [5, 5.41) is 6.68. The van der Waals surface area contributed by atoms with Crippen LogP contribution in [0.2, 0.25) is 0 Å². The maximum absolute atomic E-state index is 6.13. The van der Waals surface area contributed by atoms with E-state index in [1.807, 2.05) is 11.6 Å². The van der Waals surface area contributed by atoms with Gasteiger partial charge < -0.3 is 10.1 Å². The van der Waals surface area contributed by atoms with Gasteiger partial charge >= 0.3 is 0 Å². The zero-order valence-electron chi connectivity index (χ0n) is 13.0. The van der Waals surface area contributed by atoms with Crippen molar-refractivity contribution in [2.24, 2.45) is 0 Å². The van der Waals surface area contributed by atoms with Crippen molar-refractivity contribution in [1.29, 1.82) is 0 Å². The molecule has 1 aliphatic rings. The molecule has 1 atom stereocenters. The Kier molecular flexibility index (Phi) is 3.54. The van der Waals surface area contributed by atoms with Crippen LogP contribution in [0.1, 0.15) is 34.1 Å². The molecular weight excluding hydrogens is 280 g/mol. The standard InChI is InChI=1S/C17H22N2OS/c1-16(2)11-14(17(3,4)20-16)19-13-7-5-12(6-8-13)15-18-9-10-21-15/h5-10,14,19H,11H2,1-4H3. The first-order chi connectivity index (χ1) is 9.86. The topological polar surface area (TPSA) is 34.2 Å². The van der Waals surface area contributed by atoms with Gasteiger partial charge in [-0.05, 0) is 58.4 Å². The van der Waals surface area contributed by atoms with Crippen molar-refractivity contribution in [2.75, 3.05) is 5.32 Å². The zero-order valence-corrected chi connectivity index (χ0v) is 13.8. The summed E-state index contributed by atoms with van der Waals surface area (Å²) in [6.45, 7) is 8.62. The van der Waals surface area contributed by atoms with Gasteiger partial charge in [-0.2, -0.15) is 0 Å². The second kappa shape index (κ2) is 5.11. The molecule has 0 aliphatic carbocycles. The van der Waals surface area contributed by atoms with Crippen LogP contribution in [0.25, 0.3) is 10.6 Å². The van der Waals surface area contributed by atoms with E-state index in [-0.39, 0.29) is 11.2 Å². The molecule has 112 valence electrons. The van der Waals surface area contributed by atoms with Gasteiger partial charge in [-0.25, -0.2) is 4.98 Å². The van der Waals surface area contributed by atoms with Crippen LogP contribution < -0.4 is 5.32 Å². The van der Waals surface area contributed by atoms with Gasteiger partial charge in [-0.1, -0.05) is 0 Å². The number of aromatic nitrogens is 1. The Bertz CT molecular complexity index is 602. The second-order valence-electron chi connectivity index (χ2n) is 6.78. The highest BCUT2D eigenvalue weighted by molar-refractivity contribution is 7.13. The lowest BCUT2D eigenvalue weighted by atomic mass is 9.94. The van der Waals surface area contributed by atoms with E-state index in [9.17, 15) is 0 Å². The summed E-state index contributed by atoms with van der Waals surface area (Å²) >= 11 is 1.66. The monoisotopic (exact) mass is 302 g/mol. The van der Waals surface area contributed by atoms with Crippen LogP contribution in [0.3, 0.4) is 0 Å². The molecule has 3 rings (SSSR count). The van der Waals surface area contributed by atoms with E-state index in [1.165, 1.54) is 0 Å². The Hall–Kier alpha value is -1.39. The fourth-order valence-electron chi connectivity index (χ4n) is 3.06. The summed E-state index contributed by atoms with van der Waals surface area (Å²) < 4.78 is 6.13. The Morgan fingerprint density at radius 1 is 1.19 bits per heavy atom. The number of nitrogens with one attached hydrogen (secondary N) is 1. The van der Waals surface area contributed by atoms with Crippen molar-refractivity contribution in [2.45, 2.75) is 51.4 Å². The molecule has 3 nitrogen and oxygen atoms in total. The predicted octanol–water partition coefficient (Wildman–Crippen LogP) is 4.57. The molecule has 2 heterocycles. The predicted molar refractivity (Wildman–Crippen MR) is 88.8 cm³/mol. The summed E-state index contributed by atoms with van der Waals surface area (Å²) in [6.07, 6.45) is 2.85. The molecule has 0 bridgehead atoms. The minimum absolute atomic E-state index is 0.0675. The van der Waals surface area contributed by atoms with Gasteiger partial charge in [-0.15, -0.1) is 11.3 Å². The maximum Gasteiger partial charge on any atom is 0.123 e. The van der Waals surface area contributed by atoms with E-state index in [0.29, 0.717) is 6.04 Å². The molecule has 1 saturated heterocycles. The molecule has 4 heteroatoms. The minimum atomic E-state index is -0.155. The molecule has 1 N–H and O–H groups in total. The first-order valence-corrected chi connectivity index (χ1v) is 8.20.